The number of halogens is 6. The Morgan fingerprint density at radius 2 is 1.75 bits per heavy atom. The van der Waals surface area contributed by atoms with Crippen LogP contribution < -0.4 is 14.8 Å². The summed E-state index contributed by atoms with van der Waals surface area (Å²) in [6.07, 6.45) is -9.44. The van der Waals surface area contributed by atoms with Crippen molar-refractivity contribution in [2.45, 2.75) is 37.7 Å². The fourth-order valence-electron chi connectivity index (χ4n) is 3.20. The van der Waals surface area contributed by atoms with Gasteiger partial charge in [-0.05, 0) is 42.3 Å². The number of amides is 2. The Morgan fingerprint density at radius 1 is 1.08 bits per heavy atom. The molecule has 0 fully saturated rings. The fourth-order valence-corrected chi connectivity index (χ4v) is 4.13. The minimum absolute atomic E-state index is 0.0360. The van der Waals surface area contributed by atoms with Crippen molar-refractivity contribution in [3.05, 3.63) is 53.6 Å². The van der Waals surface area contributed by atoms with E-state index in [9.17, 15) is 35.9 Å². The van der Waals surface area contributed by atoms with Crippen LogP contribution in [0.4, 0.5) is 36.8 Å². The molecule has 0 aromatic heterocycles. The topological polar surface area (TPSA) is 80.2 Å². The number of benzene rings is 2. The Balaban J connectivity index is 1.84. The predicted molar refractivity (Wildman–Crippen MR) is 120 cm³/mol. The number of ether oxygens (including phenoxy) is 2. The first kappa shape index (κ1) is 27.2. The molecule has 1 heterocycles. The van der Waals surface area contributed by atoms with Crippen molar-refractivity contribution >= 4 is 34.3 Å². The zero-order chi connectivity index (χ0) is 26.7. The molecule has 14 heteroatoms. The second-order valence-corrected chi connectivity index (χ2v) is 8.54. The zero-order valence-corrected chi connectivity index (χ0v) is 19.6. The molecule has 2 amide bonds. The molecule has 2 aromatic carbocycles. The van der Waals surface area contributed by atoms with E-state index in [4.69, 9.17) is 4.74 Å². The van der Waals surface area contributed by atoms with Gasteiger partial charge in [-0.3, -0.25) is 9.59 Å². The Kier molecular flexibility index (Phi) is 8.06. The maximum absolute atomic E-state index is 12.7. The number of nitrogens with zero attached hydrogens (tertiary/aromatic N) is 2. The van der Waals surface area contributed by atoms with Gasteiger partial charge in [-0.15, -0.1) is 13.2 Å². The summed E-state index contributed by atoms with van der Waals surface area (Å²) in [5, 5.41) is 6.50. The normalized spacial score (nSPS) is 16.4. The van der Waals surface area contributed by atoms with Crippen molar-refractivity contribution in [1.82, 2.24) is 5.01 Å². The van der Waals surface area contributed by atoms with Gasteiger partial charge in [-0.1, -0.05) is 30.8 Å². The molecule has 0 spiro atoms. The molecule has 0 saturated heterocycles. The van der Waals surface area contributed by atoms with E-state index in [0.717, 1.165) is 22.8 Å². The van der Waals surface area contributed by atoms with Crippen LogP contribution in [0.2, 0.25) is 0 Å². The number of carbonyl (C=O) groups is 2. The largest absolute Gasteiger partial charge is 0.573 e. The number of methoxy groups -OCH3 is 1. The Labute approximate surface area is 205 Å². The van der Waals surface area contributed by atoms with Crippen LogP contribution in [-0.4, -0.2) is 46.8 Å². The minimum Gasteiger partial charge on any atom is -0.493 e. The van der Waals surface area contributed by atoms with Crippen LogP contribution in [0.5, 0.6) is 11.5 Å². The molecule has 1 unspecified atom stereocenters. The number of anilines is 1. The standard InChI is InChI=1S/C22H19F6N3O4S/c1-3-17-18(13-6-9-15(16(10-13)34-2)35-22(26,27)28)30-31(20(33)36-17)11-12-4-7-14(8-5-12)29-19(32)21(23,24)25/h4-10,17H,3,11H2,1-2H3,(H,29,32). The molecule has 0 bridgehead atoms. The Morgan fingerprint density at radius 3 is 2.31 bits per heavy atom. The number of hydrogen-bond acceptors (Lipinski definition) is 6. The summed E-state index contributed by atoms with van der Waals surface area (Å²) in [5.41, 5.74) is 1.28. The molecule has 194 valence electrons. The summed E-state index contributed by atoms with van der Waals surface area (Å²) in [6, 6.07) is 9.16. The second kappa shape index (κ2) is 10.7. The van der Waals surface area contributed by atoms with Gasteiger partial charge in [0.25, 0.3) is 0 Å². The number of hydrogen-bond donors (Lipinski definition) is 1. The third kappa shape index (κ3) is 6.83. The molecule has 0 aliphatic carbocycles. The highest BCUT2D eigenvalue weighted by atomic mass is 32.2. The first-order valence-corrected chi connectivity index (χ1v) is 11.2. The molecular formula is C22H19F6N3O4S. The van der Waals surface area contributed by atoms with E-state index in [-0.39, 0.29) is 28.5 Å². The maximum Gasteiger partial charge on any atom is 0.573 e. The van der Waals surface area contributed by atoms with E-state index in [2.05, 4.69) is 9.84 Å². The van der Waals surface area contributed by atoms with Gasteiger partial charge in [0.2, 0.25) is 0 Å². The molecule has 1 atom stereocenters. The highest BCUT2D eigenvalue weighted by molar-refractivity contribution is 8.14. The van der Waals surface area contributed by atoms with Crippen LogP contribution >= 0.6 is 11.8 Å². The smallest absolute Gasteiger partial charge is 0.493 e. The van der Waals surface area contributed by atoms with Crippen molar-refractivity contribution in [1.29, 1.82) is 0 Å². The highest BCUT2D eigenvalue weighted by Gasteiger charge is 2.38. The Bertz CT molecular complexity index is 1150. The van der Waals surface area contributed by atoms with Gasteiger partial charge in [-0.2, -0.15) is 18.3 Å². The molecule has 2 aromatic rings. The number of rotatable bonds is 7. The predicted octanol–water partition coefficient (Wildman–Crippen LogP) is 5.95. The average molecular weight is 535 g/mol. The summed E-state index contributed by atoms with van der Waals surface area (Å²) in [5.74, 6) is -2.82. The fraction of sp³-hybridized carbons (Fsp3) is 0.318. The van der Waals surface area contributed by atoms with Gasteiger partial charge in [0, 0.05) is 11.3 Å². The lowest BCUT2D eigenvalue weighted by molar-refractivity contribution is -0.275. The lowest BCUT2D eigenvalue weighted by Gasteiger charge is -2.28. The maximum atomic E-state index is 12.7. The molecule has 1 aliphatic rings. The van der Waals surface area contributed by atoms with Crippen LogP contribution in [0.3, 0.4) is 0 Å². The van der Waals surface area contributed by atoms with Crippen molar-refractivity contribution in [3.8, 4) is 11.5 Å². The van der Waals surface area contributed by atoms with Gasteiger partial charge >= 0.3 is 23.7 Å². The third-order valence-corrected chi connectivity index (χ3v) is 6.10. The van der Waals surface area contributed by atoms with Gasteiger partial charge in [-0.25, -0.2) is 5.01 Å². The second-order valence-electron chi connectivity index (χ2n) is 7.39. The highest BCUT2D eigenvalue weighted by Crippen LogP contribution is 2.36. The lowest BCUT2D eigenvalue weighted by atomic mass is 10.0. The first-order chi connectivity index (χ1) is 16.8. The zero-order valence-electron chi connectivity index (χ0n) is 18.7. The summed E-state index contributed by atoms with van der Waals surface area (Å²) in [4.78, 5) is 23.7. The third-order valence-electron chi connectivity index (χ3n) is 4.84. The number of hydrazone groups is 1. The van der Waals surface area contributed by atoms with Gasteiger partial charge in [0.05, 0.1) is 24.6 Å². The van der Waals surface area contributed by atoms with Gasteiger partial charge in [0.1, 0.15) is 0 Å². The van der Waals surface area contributed by atoms with E-state index in [1.165, 1.54) is 43.5 Å². The van der Waals surface area contributed by atoms with Crippen molar-refractivity contribution < 1.29 is 45.4 Å². The quantitative estimate of drug-likeness (QED) is 0.444. The molecule has 1 aliphatic heterocycles. The summed E-state index contributed by atoms with van der Waals surface area (Å²) < 4.78 is 84.2. The van der Waals surface area contributed by atoms with Crippen LogP contribution in [0.25, 0.3) is 0 Å². The van der Waals surface area contributed by atoms with Crippen LogP contribution in [0.15, 0.2) is 47.6 Å². The monoisotopic (exact) mass is 535 g/mol. The summed E-state index contributed by atoms with van der Waals surface area (Å²) >= 11 is 0.981. The van der Waals surface area contributed by atoms with Crippen molar-refractivity contribution in [2.75, 3.05) is 12.4 Å². The van der Waals surface area contributed by atoms with E-state index >= 15 is 0 Å². The van der Waals surface area contributed by atoms with E-state index < -0.39 is 24.2 Å². The molecule has 1 N–H and O–H groups in total. The van der Waals surface area contributed by atoms with E-state index in [1.54, 1.807) is 5.32 Å². The van der Waals surface area contributed by atoms with Crippen LogP contribution in [0.1, 0.15) is 24.5 Å². The van der Waals surface area contributed by atoms with Gasteiger partial charge < -0.3 is 14.8 Å². The molecule has 0 radical (unpaired) electrons. The van der Waals surface area contributed by atoms with Crippen molar-refractivity contribution in [3.63, 3.8) is 0 Å². The number of carbonyl (C=O) groups excluding carboxylic acids is 2. The number of alkyl halides is 6. The number of nitrogens with one attached hydrogen (secondary N) is 1. The summed E-state index contributed by atoms with van der Waals surface area (Å²) in [6.45, 7) is 1.79. The molecule has 7 nitrogen and oxygen atoms in total. The van der Waals surface area contributed by atoms with Gasteiger partial charge in [0.15, 0.2) is 11.5 Å². The number of thioether (sulfide) groups is 1. The molecule has 3 rings (SSSR count). The van der Waals surface area contributed by atoms with E-state index in [0.29, 0.717) is 23.3 Å². The molecule has 0 saturated carbocycles. The van der Waals surface area contributed by atoms with Crippen molar-refractivity contribution in [2.24, 2.45) is 5.10 Å². The Hall–Kier alpha value is -3.42. The molecule has 36 heavy (non-hydrogen) atoms. The molecular weight excluding hydrogens is 516 g/mol. The van der Waals surface area contributed by atoms with Crippen LogP contribution in [0, 0.1) is 0 Å². The first-order valence-electron chi connectivity index (χ1n) is 10.3. The summed E-state index contributed by atoms with van der Waals surface area (Å²) in [7, 11) is 1.19. The SMILES string of the molecule is CCC1SC(=O)N(Cc2ccc(NC(=O)C(F)(F)F)cc2)N=C1c1ccc(OC(F)(F)F)c(OC)c1. The average Bonchev–Trinajstić information content (AvgIpc) is 2.80. The lowest BCUT2D eigenvalue weighted by Crippen LogP contribution is -2.34. The minimum atomic E-state index is -5.03. The van der Waals surface area contributed by atoms with E-state index in [1.807, 2.05) is 6.92 Å². The van der Waals surface area contributed by atoms with Crippen LogP contribution in [-0.2, 0) is 11.3 Å².